The lowest BCUT2D eigenvalue weighted by atomic mass is 9.92. The Morgan fingerprint density at radius 2 is 0.667 bits per heavy atom. The molecule has 0 fully saturated rings. The molecular weight excluding hydrogens is 1390 g/mol. The normalized spacial score (nSPS) is 12.7. The summed E-state index contributed by atoms with van der Waals surface area (Å²) in [6, 6.07) is 80.0. The highest BCUT2D eigenvalue weighted by Gasteiger charge is 2.34. The van der Waals surface area contributed by atoms with Crippen molar-refractivity contribution >= 4 is 89.0 Å². The largest absolute Gasteiger partial charge is 0.446 e. The van der Waals surface area contributed by atoms with Gasteiger partial charge < -0.3 is 4.74 Å². The minimum Gasteiger partial charge on any atom is -0.446 e. The molecule has 4 unspecified atom stereocenters. The van der Waals surface area contributed by atoms with Gasteiger partial charge in [-0.1, -0.05) is 197 Å². The van der Waals surface area contributed by atoms with E-state index >= 15 is 19.2 Å². The van der Waals surface area contributed by atoms with Crippen LogP contribution in [0.15, 0.2) is 324 Å². The molecule has 111 heavy (non-hydrogen) atoms. The zero-order chi connectivity index (χ0) is 76.3. The van der Waals surface area contributed by atoms with Crippen LogP contribution in [0.2, 0.25) is 0 Å². The molecule has 0 radical (unpaired) electrons. The maximum absolute atomic E-state index is 16.0. The van der Waals surface area contributed by atoms with Crippen molar-refractivity contribution in [2.24, 2.45) is 0 Å². The second-order valence-electron chi connectivity index (χ2n) is 27.2. The summed E-state index contributed by atoms with van der Waals surface area (Å²) in [5.41, 5.74) is 5.67. The molecule has 0 bridgehead atoms. The van der Waals surface area contributed by atoms with Crippen molar-refractivity contribution in [2.75, 3.05) is 0 Å². The molecule has 17 rings (SSSR count). The molecule has 538 valence electrons. The molecule has 0 aliphatic heterocycles. The van der Waals surface area contributed by atoms with Crippen LogP contribution in [0.25, 0.3) is 99.8 Å². The molecule has 6 aromatic heterocycles. The van der Waals surface area contributed by atoms with Crippen LogP contribution in [0, 0.1) is 0 Å². The Labute approximate surface area is 632 Å². The molecule has 0 spiro atoms. The lowest BCUT2D eigenvalue weighted by Crippen LogP contribution is -2.25. The highest BCUT2D eigenvalue weighted by molar-refractivity contribution is 6.00. The quantitative estimate of drug-likeness (QED) is 0.0406. The molecular formula is C92H66N10O9. The first-order valence-electron chi connectivity index (χ1n) is 36.2. The third-order valence-electron chi connectivity index (χ3n) is 20.7. The molecule has 0 saturated carbocycles. The van der Waals surface area contributed by atoms with E-state index < -0.39 is 52.1 Å². The molecule has 19 nitrogen and oxygen atoms in total. The third-order valence-corrected chi connectivity index (χ3v) is 20.7. The number of hydrogen-bond acceptors (Lipinski definition) is 13. The Kier molecular flexibility index (Phi) is 17.8. The van der Waals surface area contributed by atoms with Crippen LogP contribution >= 0.6 is 0 Å². The molecule has 11 aromatic carbocycles. The van der Waals surface area contributed by atoms with Crippen molar-refractivity contribution in [1.29, 1.82) is 0 Å². The number of ketones is 3. The van der Waals surface area contributed by atoms with Crippen molar-refractivity contribution in [3.63, 3.8) is 0 Å². The van der Waals surface area contributed by atoms with Crippen LogP contribution < -0.4 is 22.2 Å². The molecule has 0 saturated heterocycles. The molecule has 0 amide bonds. The van der Waals surface area contributed by atoms with Gasteiger partial charge in [0.05, 0.1) is 99.8 Å². The number of para-hydroxylation sites is 8. The van der Waals surface area contributed by atoms with Gasteiger partial charge in [0.15, 0.2) is 23.5 Å². The van der Waals surface area contributed by atoms with Crippen LogP contribution in [0.3, 0.4) is 0 Å². The Hall–Kier alpha value is -14.7. The second kappa shape index (κ2) is 28.5. The fourth-order valence-electron chi connectivity index (χ4n) is 15.5. The van der Waals surface area contributed by atoms with E-state index in [2.05, 4.69) is 19.7 Å². The number of carbonyl (C=O) groups excluding carboxylic acids is 4. The minimum atomic E-state index is -1.16. The van der Waals surface area contributed by atoms with Gasteiger partial charge in [0.2, 0.25) is 0 Å². The summed E-state index contributed by atoms with van der Waals surface area (Å²) in [5.74, 6) is -2.13. The lowest BCUT2D eigenvalue weighted by molar-refractivity contribution is -0.141. The minimum absolute atomic E-state index is 0.00359. The molecule has 0 aliphatic carbocycles. The van der Waals surface area contributed by atoms with Gasteiger partial charge in [0.25, 0.3) is 22.2 Å². The van der Waals surface area contributed by atoms with Gasteiger partial charge in [-0.3, -0.25) is 51.8 Å². The van der Waals surface area contributed by atoms with E-state index in [9.17, 15) is 19.2 Å². The number of esters is 1. The van der Waals surface area contributed by atoms with Crippen molar-refractivity contribution < 1.29 is 23.9 Å². The summed E-state index contributed by atoms with van der Waals surface area (Å²) in [6.45, 7) is 13.3. The lowest BCUT2D eigenvalue weighted by Gasteiger charge is -2.22. The van der Waals surface area contributed by atoms with Gasteiger partial charge in [-0.05, 0) is 126 Å². The molecule has 19 heteroatoms. The number of fused-ring (bicyclic) bond motifs is 6. The van der Waals surface area contributed by atoms with Crippen molar-refractivity contribution in [3.8, 4) is 34.1 Å². The van der Waals surface area contributed by atoms with Crippen LogP contribution in [0.1, 0.15) is 95.6 Å². The van der Waals surface area contributed by atoms with E-state index in [0.717, 1.165) is 26.3 Å². The number of imidazole rings is 4. The Morgan fingerprint density at radius 1 is 0.351 bits per heavy atom. The topological polar surface area (TPSA) is 227 Å². The summed E-state index contributed by atoms with van der Waals surface area (Å²) >= 11 is 0. The highest BCUT2D eigenvalue weighted by atomic mass is 16.5. The Morgan fingerprint density at radius 3 is 1.04 bits per heavy atom. The average molecular weight is 1460 g/mol. The highest BCUT2D eigenvalue weighted by Crippen LogP contribution is 2.41. The van der Waals surface area contributed by atoms with Crippen LogP contribution in [0.4, 0.5) is 0 Å². The molecule has 0 aliphatic rings. The first-order valence-corrected chi connectivity index (χ1v) is 36.2. The molecule has 4 atom stereocenters. The van der Waals surface area contributed by atoms with Crippen molar-refractivity contribution in [1.82, 2.24) is 47.3 Å². The monoisotopic (exact) mass is 1450 g/mol. The summed E-state index contributed by atoms with van der Waals surface area (Å²) in [7, 11) is 0. The maximum atomic E-state index is 16.0. The Balaban J connectivity index is 0.912. The Bertz CT molecular complexity index is 6820. The van der Waals surface area contributed by atoms with E-state index in [0.29, 0.717) is 89.7 Å². The number of nitrogens with zero attached hydrogens (tertiary/aromatic N) is 10. The first-order chi connectivity index (χ1) is 54.2. The maximum Gasteiger partial charge on any atom is 0.331 e. The number of allylic oxidation sites excluding steroid dienone is 2. The number of aromatic nitrogens is 10. The van der Waals surface area contributed by atoms with E-state index in [-0.39, 0.29) is 81.2 Å². The van der Waals surface area contributed by atoms with Gasteiger partial charge in [0, 0.05) is 42.7 Å². The number of carbonyl (C=O) groups is 4. The predicted octanol–water partition coefficient (Wildman–Crippen LogP) is 15.7. The van der Waals surface area contributed by atoms with Gasteiger partial charge in [-0.2, -0.15) is 0 Å². The summed E-state index contributed by atoms with van der Waals surface area (Å²) in [5, 5.41) is -0.677. The van der Waals surface area contributed by atoms with Crippen molar-refractivity contribution in [3.05, 3.63) is 392 Å². The van der Waals surface area contributed by atoms with Gasteiger partial charge >= 0.3 is 5.97 Å². The number of ether oxygens (including phenoxy) is 1. The average Bonchev–Trinajstić information content (AvgIpc) is 1.57. The van der Waals surface area contributed by atoms with Crippen LogP contribution in [-0.2, 0) is 23.9 Å². The number of rotatable bonds is 24. The third kappa shape index (κ3) is 12.1. The van der Waals surface area contributed by atoms with E-state index in [1.165, 1.54) is 24.3 Å². The number of Topliss-reactive ketones (excluding diaryl/α,β-unsaturated/α-hetero) is 1. The first kappa shape index (κ1) is 69.3. The summed E-state index contributed by atoms with van der Waals surface area (Å²) in [6.07, 6.45) is 2.78. The van der Waals surface area contributed by atoms with E-state index in [1.54, 1.807) is 63.7 Å². The SMILES string of the molecule is C=CC(=O)CC(c1ccccc1)c1nc2ccccc2n1-c1cc(-n2c(=O)c3cc4c(=O)n(-c5cc(-n6c(C(OC(=O)C=C)c7ccccc7)nc7ccccc76)cc(-n6c(C(C(=O)C=C)c7ccccc7)nc7ccccc76)c5)c(=O)c4cc3c2=O)cc(-n2c(C(CC(=O)CC)c3ccccc3)nc3ccccc32)c1. The van der Waals surface area contributed by atoms with Crippen LogP contribution in [-0.4, -0.2) is 70.7 Å². The van der Waals surface area contributed by atoms with Crippen molar-refractivity contribution in [2.45, 2.75) is 50.0 Å². The fourth-order valence-corrected chi connectivity index (χ4v) is 15.5. The van der Waals surface area contributed by atoms with Crippen LogP contribution in [0.5, 0.6) is 0 Å². The number of hydrogen-bond donors (Lipinski definition) is 0. The second-order valence-corrected chi connectivity index (χ2v) is 27.2. The standard InChI is InChI=1S/C92H66N10O9/c1-5-65(103)51-67(55-29-13-9-14-30-55)85-93-73-37-21-25-41-77(73)97(85)59-45-60(98-78-42-26-22-38-74(78)94-86(98)68(52-66(104)6-2)56-31-15-10-16-32-56)48-63(47-59)101-89(107)69-53-71-72(54-70(69)90(101)108)92(110)102(91(71)109)64-49-61(99-79-43-27-23-39-75(79)95-87(99)83(81(105)7-3)57-33-17-11-18-34-57)46-62(50-64)100-80-44-28-24-40-76(80)96-88(100)84(111-82(106)8-4)58-35-19-12-20-36-58/h5,7-50,53-54,67-68,83-84H,1,3-4,6,51-52H2,2H3. The molecule has 17 aromatic rings. The summed E-state index contributed by atoms with van der Waals surface area (Å²) < 4.78 is 15.7. The zero-order valence-corrected chi connectivity index (χ0v) is 59.8. The summed E-state index contributed by atoms with van der Waals surface area (Å²) in [4.78, 5) is 140. The van der Waals surface area contributed by atoms with Gasteiger partial charge in [-0.25, -0.2) is 33.9 Å². The zero-order valence-electron chi connectivity index (χ0n) is 59.8. The van der Waals surface area contributed by atoms with E-state index in [4.69, 9.17) is 24.7 Å². The predicted molar refractivity (Wildman–Crippen MR) is 430 cm³/mol. The van der Waals surface area contributed by atoms with E-state index in [1.807, 2.05) is 216 Å². The smallest absolute Gasteiger partial charge is 0.331 e. The molecule has 6 heterocycles. The number of benzene rings is 11. The fraction of sp³-hybridized carbons (Fsp3) is 0.0870. The van der Waals surface area contributed by atoms with Gasteiger partial charge in [-0.15, -0.1) is 0 Å². The molecule has 0 N–H and O–H groups in total. The van der Waals surface area contributed by atoms with Gasteiger partial charge in [0.1, 0.15) is 29.2 Å².